The average molecular weight is 284 g/mol. The van der Waals surface area contributed by atoms with Crippen molar-refractivity contribution in [3.8, 4) is 11.8 Å². The standard InChI is InChI=1S/C16H16N2O3/c1-10-4-5-11(3-2-8-17)9-12(10)18-15(19)13-6-7-14(21-13)16(18)20/h4-5,9,13-14H,6-8,17H2,1H3. The third kappa shape index (κ3) is 2.33. The Morgan fingerprint density at radius 1 is 1.29 bits per heavy atom. The highest BCUT2D eigenvalue weighted by Gasteiger charge is 2.47. The molecule has 2 unspecified atom stereocenters. The SMILES string of the molecule is Cc1ccc(C#CCN)cc1N1C(=O)C2CCC(O2)C1=O. The number of ether oxygens (including phenoxy) is 1. The number of morpholine rings is 1. The van der Waals surface area contributed by atoms with Gasteiger partial charge in [0.05, 0.1) is 12.2 Å². The van der Waals surface area contributed by atoms with Crippen molar-refractivity contribution in [2.45, 2.75) is 32.0 Å². The third-order valence-electron chi connectivity index (χ3n) is 3.80. The molecule has 2 saturated heterocycles. The lowest BCUT2D eigenvalue weighted by Crippen LogP contribution is -2.52. The summed E-state index contributed by atoms with van der Waals surface area (Å²) in [4.78, 5) is 26.1. The van der Waals surface area contributed by atoms with E-state index in [2.05, 4.69) is 11.8 Å². The molecule has 5 heteroatoms. The summed E-state index contributed by atoms with van der Waals surface area (Å²) < 4.78 is 5.42. The second-order valence-corrected chi connectivity index (χ2v) is 5.21. The zero-order chi connectivity index (χ0) is 15.0. The molecular weight excluding hydrogens is 268 g/mol. The summed E-state index contributed by atoms with van der Waals surface area (Å²) >= 11 is 0. The number of rotatable bonds is 1. The Labute approximate surface area is 123 Å². The Balaban J connectivity index is 2.02. The predicted octanol–water partition coefficient (Wildman–Crippen LogP) is 0.726. The number of carbonyl (C=O) groups is 2. The van der Waals surface area contributed by atoms with Gasteiger partial charge in [0.25, 0.3) is 11.8 Å². The molecule has 0 aliphatic carbocycles. The van der Waals surface area contributed by atoms with E-state index in [1.54, 1.807) is 6.07 Å². The molecule has 108 valence electrons. The maximum Gasteiger partial charge on any atom is 0.262 e. The minimum Gasteiger partial charge on any atom is -0.355 e. The number of anilines is 1. The van der Waals surface area contributed by atoms with Gasteiger partial charge in [-0.25, -0.2) is 4.90 Å². The molecule has 2 bridgehead atoms. The van der Waals surface area contributed by atoms with E-state index >= 15 is 0 Å². The molecule has 2 heterocycles. The molecule has 0 saturated carbocycles. The van der Waals surface area contributed by atoms with Gasteiger partial charge in [0, 0.05) is 5.56 Å². The van der Waals surface area contributed by atoms with Crippen molar-refractivity contribution in [2.24, 2.45) is 5.73 Å². The van der Waals surface area contributed by atoms with E-state index in [9.17, 15) is 9.59 Å². The zero-order valence-electron chi connectivity index (χ0n) is 11.8. The quantitative estimate of drug-likeness (QED) is 0.609. The molecule has 0 radical (unpaired) electrons. The Morgan fingerprint density at radius 2 is 1.95 bits per heavy atom. The van der Waals surface area contributed by atoms with Crippen LogP contribution in [0, 0.1) is 18.8 Å². The van der Waals surface area contributed by atoms with Crippen molar-refractivity contribution in [3.05, 3.63) is 29.3 Å². The summed E-state index contributed by atoms with van der Waals surface area (Å²) in [6, 6.07) is 5.47. The highest BCUT2D eigenvalue weighted by Crippen LogP contribution is 2.33. The lowest BCUT2D eigenvalue weighted by atomic mass is 10.1. The fraction of sp³-hybridized carbons (Fsp3) is 0.375. The van der Waals surface area contributed by atoms with Crippen LogP contribution in [0.4, 0.5) is 5.69 Å². The summed E-state index contributed by atoms with van der Waals surface area (Å²) in [6.07, 6.45) is 0.228. The molecule has 1 aromatic carbocycles. The van der Waals surface area contributed by atoms with E-state index in [1.165, 1.54) is 4.90 Å². The van der Waals surface area contributed by atoms with Crippen molar-refractivity contribution < 1.29 is 14.3 Å². The number of fused-ring (bicyclic) bond motifs is 2. The van der Waals surface area contributed by atoms with E-state index in [-0.39, 0.29) is 18.4 Å². The second kappa shape index (κ2) is 5.32. The van der Waals surface area contributed by atoms with Crippen molar-refractivity contribution in [3.63, 3.8) is 0 Å². The topological polar surface area (TPSA) is 72.6 Å². The summed E-state index contributed by atoms with van der Waals surface area (Å²) in [5.41, 5.74) is 7.55. The summed E-state index contributed by atoms with van der Waals surface area (Å²) in [5.74, 6) is 5.14. The third-order valence-corrected chi connectivity index (χ3v) is 3.80. The second-order valence-electron chi connectivity index (χ2n) is 5.21. The van der Waals surface area contributed by atoms with Crippen molar-refractivity contribution >= 4 is 17.5 Å². The monoisotopic (exact) mass is 284 g/mol. The molecule has 3 rings (SSSR count). The molecule has 2 N–H and O–H groups in total. The Bertz CT molecular complexity index is 650. The first-order chi connectivity index (χ1) is 10.1. The molecular formula is C16H16N2O3. The van der Waals surface area contributed by atoms with Gasteiger partial charge >= 0.3 is 0 Å². The summed E-state index contributed by atoms with van der Waals surface area (Å²) in [6.45, 7) is 2.14. The number of imide groups is 1. The molecule has 0 spiro atoms. The molecule has 2 fully saturated rings. The number of nitrogens with two attached hydrogens (primary N) is 1. The lowest BCUT2D eigenvalue weighted by molar-refractivity contribution is -0.146. The van der Waals surface area contributed by atoms with E-state index in [0.29, 0.717) is 18.5 Å². The van der Waals surface area contributed by atoms with Crippen LogP contribution in [-0.4, -0.2) is 30.6 Å². The number of aryl methyl sites for hydroxylation is 1. The smallest absolute Gasteiger partial charge is 0.262 e. The molecule has 1 aromatic rings. The van der Waals surface area contributed by atoms with E-state index in [0.717, 1.165) is 11.1 Å². The van der Waals surface area contributed by atoms with Gasteiger partial charge < -0.3 is 10.5 Å². The molecule has 2 aliphatic rings. The van der Waals surface area contributed by atoms with Gasteiger partial charge in [-0.05, 0) is 37.5 Å². The molecule has 0 aromatic heterocycles. The fourth-order valence-corrected chi connectivity index (χ4v) is 2.72. The molecule has 2 amide bonds. The number of hydrogen-bond donors (Lipinski definition) is 1. The first-order valence-corrected chi connectivity index (χ1v) is 6.94. The van der Waals surface area contributed by atoms with Gasteiger partial charge in [0.2, 0.25) is 0 Å². The van der Waals surface area contributed by atoms with Crippen LogP contribution in [0.3, 0.4) is 0 Å². The van der Waals surface area contributed by atoms with Crippen LogP contribution >= 0.6 is 0 Å². The Morgan fingerprint density at radius 3 is 2.57 bits per heavy atom. The summed E-state index contributed by atoms with van der Waals surface area (Å²) in [5, 5.41) is 0. The minimum atomic E-state index is -0.495. The van der Waals surface area contributed by atoms with Crippen LogP contribution < -0.4 is 10.6 Å². The number of benzene rings is 1. The lowest BCUT2D eigenvalue weighted by Gasteiger charge is -2.30. The maximum atomic E-state index is 12.4. The van der Waals surface area contributed by atoms with Crippen LogP contribution in [-0.2, 0) is 14.3 Å². The zero-order valence-corrected chi connectivity index (χ0v) is 11.8. The Hall–Kier alpha value is -2.16. The van der Waals surface area contributed by atoms with E-state index in [4.69, 9.17) is 10.5 Å². The van der Waals surface area contributed by atoms with Gasteiger partial charge in [-0.3, -0.25) is 9.59 Å². The van der Waals surface area contributed by atoms with Crippen molar-refractivity contribution in [1.82, 2.24) is 0 Å². The molecule has 2 aliphatic heterocycles. The van der Waals surface area contributed by atoms with Crippen molar-refractivity contribution in [2.75, 3.05) is 11.4 Å². The number of carbonyl (C=O) groups excluding carboxylic acids is 2. The normalized spacial score (nSPS) is 24.0. The van der Waals surface area contributed by atoms with Crippen LogP contribution in [0.25, 0.3) is 0 Å². The van der Waals surface area contributed by atoms with Crippen LogP contribution in [0.5, 0.6) is 0 Å². The van der Waals surface area contributed by atoms with Gasteiger partial charge in [-0.2, -0.15) is 0 Å². The van der Waals surface area contributed by atoms with Gasteiger partial charge in [0.1, 0.15) is 12.2 Å². The number of hydrogen-bond acceptors (Lipinski definition) is 4. The molecule has 2 atom stereocenters. The van der Waals surface area contributed by atoms with Crippen molar-refractivity contribution in [1.29, 1.82) is 0 Å². The summed E-state index contributed by atoms with van der Waals surface area (Å²) in [7, 11) is 0. The van der Waals surface area contributed by atoms with Gasteiger partial charge in [-0.1, -0.05) is 17.9 Å². The minimum absolute atomic E-state index is 0.267. The first kappa shape index (κ1) is 13.8. The van der Waals surface area contributed by atoms with Gasteiger partial charge in [-0.15, -0.1) is 0 Å². The van der Waals surface area contributed by atoms with Gasteiger partial charge in [0.15, 0.2) is 0 Å². The largest absolute Gasteiger partial charge is 0.355 e. The highest BCUT2D eigenvalue weighted by molar-refractivity contribution is 6.20. The predicted molar refractivity (Wildman–Crippen MR) is 77.5 cm³/mol. The van der Waals surface area contributed by atoms with E-state index in [1.807, 2.05) is 19.1 Å². The Kier molecular flexibility index (Phi) is 3.50. The van der Waals surface area contributed by atoms with Crippen LogP contribution in [0.1, 0.15) is 24.0 Å². The molecule has 21 heavy (non-hydrogen) atoms. The van der Waals surface area contributed by atoms with E-state index < -0.39 is 12.2 Å². The number of nitrogens with zero attached hydrogens (tertiary/aromatic N) is 1. The fourth-order valence-electron chi connectivity index (χ4n) is 2.72. The maximum absolute atomic E-state index is 12.4. The first-order valence-electron chi connectivity index (χ1n) is 6.94. The number of amides is 2. The van der Waals surface area contributed by atoms with Crippen LogP contribution in [0.2, 0.25) is 0 Å². The van der Waals surface area contributed by atoms with Crippen LogP contribution in [0.15, 0.2) is 18.2 Å². The molecule has 5 nitrogen and oxygen atoms in total. The highest BCUT2D eigenvalue weighted by atomic mass is 16.5. The average Bonchev–Trinajstić information content (AvgIpc) is 2.93.